The van der Waals surface area contributed by atoms with Crippen LogP contribution in [-0.4, -0.2) is 18.4 Å². The van der Waals surface area contributed by atoms with E-state index in [-0.39, 0.29) is 36.2 Å². The number of rotatable bonds is 6. The Morgan fingerprint density at radius 1 is 1.19 bits per heavy atom. The first kappa shape index (κ1) is 18.9. The van der Waals surface area contributed by atoms with Gasteiger partial charge in [-0.1, -0.05) is 26.0 Å². The Hall–Kier alpha value is -2.89. The number of halogens is 1. The fourth-order valence-electron chi connectivity index (χ4n) is 3.12. The summed E-state index contributed by atoms with van der Waals surface area (Å²) in [6, 6.07) is 11.3. The normalized spacial score (nSPS) is 14.3. The number of benzene rings is 2. The lowest BCUT2D eigenvalue weighted by molar-refractivity contribution is -0.124. The minimum Gasteiger partial charge on any atom is -0.484 e. The molecule has 2 amide bonds. The Labute approximate surface area is 157 Å². The highest BCUT2D eigenvalue weighted by Crippen LogP contribution is 2.27. The summed E-state index contributed by atoms with van der Waals surface area (Å²) in [5.74, 6) is 0.189. The van der Waals surface area contributed by atoms with Gasteiger partial charge in [0.15, 0.2) is 6.61 Å². The molecule has 0 fully saturated rings. The highest BCUT2D eigenvalue weighted by molar-refractivity contribution is 5.94. The van der Waals surface area contributed by atoms with E-state index in [4.69, 9.17) is 4.74 Å². The number of carbonyl (C=O) groups is 2. The quantitative estimate of drug-likeness (QED) is 0.816. The number of hydrogen-bond acceptors (Lipinski definition) is 3. The molecule has 1 atom stereocenters. The van der Waals surface area contributed by atoms with Crippen molar-refractivity contribution in [2.24, 2.45) is 5.92 Å². The number of nitrogens with one attached hydrogen (secondary N) is 2. The summed E-state index contributed by atoms with van der Waals surface area (Å²) in [4.78, 5) is 23.7. The lowest BCUT2D eigenvalue weighted by Crippen LogP contribution is -2.35. The molecule has 2 aromatic rings. The van der Waals surface area contributed by atoms with E-state index < -0.39 is 0 Å². The van der Waals surface area contributed by atoms with Crippen LogP contribution in [-0.2, 0) is 16.0 Å². The van der Waals surface area contributed by atoms with Crippen LogP contribution in [0.2, 0.25) is 0 Å². The maximum absolute atomic E-state index is 13.1. The Morgan fingerprint density at radius 2 is 1.93 bits per heavy atom. The molecule has 2 N–H and O–H groups in total. The first-order valence-electron chi connectivity index (χ1n) is 9.03. The summed E-state index contributed by atoms with van der Waals surface area (Å²) < 4.78 is 18.7. The van der Waals surface area contributed by atoms with Crippen LogP contribution >= 0.6 is 0 Å². The first-order valence-corrected chi connectivity index (χ1v) is 9.03. The van der Waals surface area contributed by atoms with Crippen molar-refractivity contribution in [3.63, 3.8) is 0 Å². The lowest BCUT2D eigenvalue weighted by Gasteiger charge is -2.23. The summed E-state index contributed by atoms with van der Waals surface area (Å²) in [6.07, 6.45) is 1.11. The van der Waals surface area contributed by atoms with Crippen LogP contribution in [0.3, 0.4) is 0 Å². The fourth-order valence-corrected chi connectivity index (χ4v) is 3.12. The zero-order valence-electron chi connectivity index (χ0n) is 15.4. The highest BCUT2D eigenvalue weighted by atomic mass is 19.1. The molecule has 0 bridgehead atoms. The zero-order chi connectivity index (χ0) is 19.4. The van der Waals surface area contributed by atoms with Crippen LogP contribution in [0.1, 0.15) is 37.4 Å². The molecule has 142 valence electrons. The summed E-state index contributed by atoms with van der Waals surface area (Å²) in [7, 11) is 0. The van der Waals surface area contributed by atoms with Gasteiger partial charge in [-0.25, -0.2) is 4.39 Å². The molecule has 0 saturated heterocycles. The largest absolute Gasteiger partial charge is 0.484 e. The molecule has 5 nitrogen and oxygen atoms in total. The van der Waals surface area contributed by atoms with Gasteiger partial charge in [-0.05, 0) is 53.8 Å². The van der Waals surface area contributed by atoms with Gasteiger partial charge in [0, 0.05) is 12.1 Å². The van der Waals surface area contributed by atoms with E-state index in [9.17, 15) is 14.0 Å². The maximum atomic E-state index is 13.1. The second-order valence-electron chi connectivity index (χ2n) is 7.00. The molecule has 1 unspecified atom stereocenters. The van der Waals surface area contributed by atoms with E-state index in [0.717, 1.165) is 16.8 Å². The molecular weight excluding hydrogens is 347 g/mol. The van der Waals surface area contributed by atoms with Gasteiger partial charge in [0.05, 0.1) is 6.04 Å². The molecule has 6 heteroatoms. The molecule has 1 heterocycles. The Kier molecular flexibility index (Phi) is 5.74. The minimum absolute atomic E-state index is 0.0102. The van der Waals surface area contributed by atoms with Gasteiger partial charge in [-0.3, -0.25) is 9.59 Å². The summed E-state index contributed by atoms with van der Waals surface area (Å²) in [6.45, 7) is 3.87. The standard InChI is InChI=1S/C21H23FN2O3/c1-13(2)21(14-3-6-16(22)7-4-14)24-20(26)12-27-17-8-9-18-15(11-17)5-10-19(25)23-18/h3-4,6-9,11,13,21H,5,10,12H2,1-2H3,(H,23,25)(H,24,26). The Morgan fingerprint density at radius 3 is 2.63 bits per heavy atom. The van der Waals surface area contributed by atoms with Crippen LogP contribution in [0.25, 0.3) is 0 Å². The molecule has 1 aliphatic rings. The second kappa shape index (κ2) is 8.20. The summed E-state index contributed by atoms with van der Waals surface area (Å²) in [5, 5.41) is 5.76. The van der Waals surface area contributed by atoms with Crippen LogP contribution in [0.5, 0.6) is 5.75 Å². The number of anilines is 1. The van der Waals surface area contributed by atoms with E-state index in [1.54, 1.807) is 24.3 Å². The SMILES string of the molecule is CC(C)C(NC(=O)COc1ccc2c(c1)CCC(=O)N2)c1ccc(F)cc1. The van der Waals surface area contributed by atoms with E-state index in [0.29, 0.717) is 18.6 Å². The van der Waals surface area contributed by atoms with Crippen molar-refractivity contribution in [1.29, 1.82) is 0 Å². The number of amides is 2. The minimum atomic E-state index is -0.306. The average molecular weight is 370 g/mol. The van der Waals surface area contributed by atoms with Gasteiger partial charge in [-0.15, -0.1) is 0 Å². The Balaban J connectivity index is 1.60. The highest BCUT2D eigenvalue weighted by Gasteiger charge is 2.19. The average Bonchev–Trinajstić information content (AvgIpc) is 2.65. The zero-order valence-corrected chi connectivity index (χ0v) is 15.4. The van der Waals surface area contributed by atoms with Gasteiger partial charge in [-0.2, -0.15) is 0 Å². The number of hydrogen-bond donors (Lipinski definition) is 2. The molecule has 0 radical (unpaired) electrons. The molecule has 0 aliphatic carbocycles. The van der Waals surface area contributed by atoms with Crippen molar-refractivity contribution in [3.05, 3.63) is 59.4 Å². The van der Waals surface area contributed by atoms with Gasteiger partial charge in [0.25, 0.3) is 5.91 Å². The van der Waals surface area contributed by atoms with Crippen molar-refractivity contribution >= 4 is 17.5 Å². The predicted octanol–water partition coefficient (Wildman–Crippen LogP) is 3.60. The van der Waals surface area contributed by atoms with Crippen molar-refractivity contribution in [2.75, 3.05) is 11.9 Å². The van der Waals surface area contributed by atoms with Crippen LogP contribution in [0, 0.1) is 11.7 Å². The smallest absolute Gasteiger partial charge is 0.258 e. The number of aryl methyl sites for hydroxylation is 1. The molecule has 27 heavy (non-hydrogen) atoms. The van der Waals surface area contributed by atoms with Gasteiger partial charge in [0.2, 0.25) is 5.91 Å². The third-order valence-electron chi connectivity index (χ3n) is 4.55. The second-order valence-corrected chi connectivity index (χ2v) is 7.00. The van der Waals surface area contributed by atoms with Gasteiger partial charge in [0.1, 0.15) is 11.6 Å². The van der Waals surface area contributed by atoms with E-state index in [1.807, 2.05) is 19.9 Å². The summed E-state index contributed by atoms with van der Waals surface area (Å²) in [5.41, 5.74) is 2.64. The molecule has 0 saturated carbocycles. The van der Waals surface area contributed by atoms with Crippen LogP contribution in [0.4, 0.5) is 10.1 Å². The third kappa shape index (κ3) is 4.84. The lowest BCUT2D eigenvalue weighted by atomic mass is 9.96. The van der Waals surface area contributed by atoms with Crippen molar-refractivity contribution in [1.82, 2.24) is 5.32 Å². The molecule has 0 aromatic heterocycles. The molecular formula is C21H23FN2O3. The molecule has 2 aromatic carbocycles. The van der Waals surface area contributed by atoms with E-state index in [1.165, 1.54) is 12.1 Å². The van der Waals surface area contributed by atoms with Crippen molar-refractivity contribution < 1.29 is 18.7 Å². The molecule has 0 spiro atoms. The van der Waals surface area contributed by atoms with Gasteiger partial charge < -0.3 is 15.4 Å². The number of carbonyl (C=O) groups excluding carboxylic acids is 2. The maximum Gasteiger partial charge on any atom is 0.258 e. The monoisotopic (exact) mass is 370 g/mol. The Bertz CT molecular complexity index is 834. The van der Waals surface area contributed by atoms with Crippen molar-refractivity contribution in [3.8, 4) is 5.75 Å². The van der Waals surface area contributed by atoms with Gasteiger partial charge >= 0.3 is 0 Å². The fraction of sp³-hybridized carbons (Fsp3) is 0.333. The molecule has 3 rings (SSSR count). The number of ether oxygens (including phenoxy) is 1. The van der Waals surface area contributed by atoms with Crippen LogP contribution in [0.15, 0.2) is 42.5 Å². The predicted molar refractivity (Wildman–Crippen MR) is 101 cm³/mol. The van der Waals surface area contributed by atoms with Crippen molar-refractivity contribution in [2.45, 2.75) is 32.7 Å². The third-order valence-corrected chi connectivity index (χ3v) is 4.55. The summed E-state index contributed by atoms with van der Waals surface area (Å²) >= 11 is 0. The number of fused-ring (bicyclic) bond motifs is 1. The van der Waals surface area contributed by atoms with E-state index >= 15 is 0 Å². The van der Waals surface area contributed by atoms with E-state index in [2.05, 4.69) is 10.6 Å². The topological polar surface area (TPSA) is 67.4 Å². The van der Waals surface area contributed by atoms with Crippen LogP contribution < -0.4 is 15.4 Å². The first-order chi connectivity index (χ1) is 12.9. The molecule has 1 aliphatic heterocycles.